The first kappa shape index (κ1) is 14.7. The molecule has 0 spiro atoms. The number of carbonyl (C=O) groups excluding carboxylic acids is 2. The fourth-order valence-corrected chi connectivity index (χ4v) is 1.52. The second-order valence-electron chi connectivity index (χ2n) is 3.98. The predicted octanol–water partition coefficient (Wildman–Crippen LogP) is 2.43. The van der Waals surface area contributed by atoms with Gasteiger partial charge in [0.2, 0.25) is 5.91 Å². The zero-order chi connectivity index (χ0) is 14.3. The molecule has 19 heavy (non-hydrogen) atoms. The number of nitrogens with one attached hydrogen (secondary N) is 2. The molecular weight excluding hydrogens is 240 g/mol. The van der Waals surface area contributed by atoms with Crippen molar-refractivity contribution < 1.29 is 9.59 Å². The fourth-order valence-electron chi connectivity index (χ4n) is 1.52. The molecule has 1 aromatic carbocycles. The van der Waals surface area contributed by atoms with Crippen molar-refractivity contribution in [3.8, 4) is 0 Å². The summed E-state index contributed by atoms with van der Waals surface area (Å²) in [4.78, 5) is 23.1. The van der Waals surface area contributed by atoms with E-state index >= 15 is 0 Å². The number of aryl methyl sites for hydroxylation is 1. The van der Waals surface area contributed by atoms with Crippen LogP contribution < -0.4 is 10.6 Å². The number of benzene rings is 1. The van der Waals surface area contributed by atoms with Crippen LogP contribution >= 0.6 is 0 Å². The number of anilines is 1. The summed E-state index contributed by atoms with van der Waals surface area (Å²) in [6.07, 6.45) is 6.74. The third-order valence-corrected chi connectivity index (χ3v) is 2.52. The standard InChI is InChI=1S/C15H18N2O2/c1-4-5-6-7-14(18)17-13-9-8-12(10-11(13)2)15(19)16-3/h4-10H,1-3H3,(H,16,19)(H,17,18). The summed E-state index contributed by atoms with van der Waals surface area (Å²) in [6, 6.07) is 5.14. The molecule has 0 saturated heterocycles. The largest absolute Gasteiger partial charge is 0.355 e. The smallest absolute Gasteiger partial charge is 0.251 e. The summed E-state index contributed by atoms with van der Waals surface area (Å²) >= 11 is 0. The summed E-state index contributed by atoms with van der Waals surface area (Å²) in [5.41, 5.74) is 2.11. The Kier molecular flexibility index (Phi) is 5.54. The fraction of sp³-hybridized carbons (Fsp3) is 0.200. The SMILES string of the molecule is CC=CC=CC(=O)Nc1ccc(C(=O)NC)cc1C. The lowest BCUT2D eigenvalue weighted by atomic mass is 10.1. The van der Waals surface area contributed by atoms with Gasteiger partial charge in [0, 0.05) is 24.4 Å². The van der Waals surface area contributed by atoms with Gasteiger partial charge in [-0.25, -0.2) is 0 Å². The highest BCUT2D eigenvalue weighted by atomic mass is 16.2. The van der Waals surface area contributed by atoms with E-state index in [1.165, 1.54) is 6.08 Å². The molecule has 1 aromatic rings. The minimum absolute atomic E-state index is 0.144. The Labute approximate surface area is 113 Å². The van der Waals surface area contributed by atoms with Gasteiger partial charge in [0.05, 0.1) is 0 Å². The Bertz CT molecular complexity index is 531. The highest BCUT2D eigenvalue weighted by Gasteiger charge is 2.06. The average molecular weight is 258 g/mol. The third kappa shape index (κ3) is 4.43. The highest BCUT2D eigenvalue weighted by molar-refractivity contribution is 6.01. The summed E-state index contributed by atoms with van der Waals surface area (Å²) in [6.45, 7) is 3.72. The summed E-state index contributed by atoms with van der Waals surface area (Å²) in [7, 11) is 1.58. The van der Waals surface area contributed by atoms with E-state index in [1.807, 2.05) is 19.9 Å². The maximum absolute atomic E-state index is 11.6. The molecule has 0 bridgehead atoms. The van der Waals surface area contributed by atoms with E-state index in [4.69, 9.17) is 0 Å². The lowest BCUT2D eigenvalue weighted by Gasteiger charge is -2.08. The van der Waals surface area contributed by atoms with Crippen LogP contribution in [0.25, 0.3) is 0 Å². The van der Waals surface area contributed by atoms with Gasteiger partial charge in [-0.3, -0.25) is 9.59 Å². The molecule has 4 nitrogen and oxygen atoms in total. The van der Waals surface area contributed by atoms with Crippen LogP contribution in [0.4, 0.5) is 5.69 Å². The van der Waals surface area contributed by atoms with E-state index in [-0.39, 0.29) is 11.8 Å². The molecule has 0 unspecified atom stereocenters. The normalized spacial score (nSPS) is 10.9. The Balaban J connectivity index is 2.80. The molecule has 2 N–H and O–H groups in total. The van der Waals surface area contributed by atoms with Gasteiger partial charge in [0.15, 0.2) is 0 Å². The quantitative estimate of drug-likeness (QED) is 0.643. The second-order valence-corrected chi connectivity index (χ2v) is 3.98. The van der Waals surface area contributed by atoms with Crippen LogP contribution in [0.15, 0.2) is 42.5 Å². The lowest BCUT2D eigenvalue weighted by molar-refractivity contribution is -0.111. The zero-order valence-corrected chi connectivity index (χ0v) is 11.4. The molecule has 1 rings (SSSR count). The highest BCUT2D eigenvalue weighted by Crippen LogP contribution is 2.16. The van der Waals surface area contributed by atoms with Crippen molar-refractivity contribution in [2.75, 3.05) is 12.4 Å². The zero-order valence-electron chi connectivity index (χ0n) is 11.4. The van der Waals surface area contributed by atoms with Crippen LogP contribution in [0.1, 0.15) is 22.8 Å². The molecule has 0 aliphatic carbocycles. The van der Waals surface area contributed by atoms with Crippen LogP contribution in [0, 0.1) is 6.92 Å². The number of allylic oxidation sites excluding steroid dienone is 3. The van der Waals surface area contributed by atoms with E-state index in [0.29, 0.717) is 11.3 Å². The Morgan fingerprint density at radius 3 is 2.53 bits per heavy atom. The molecular formula is C15H18N2O2. The molecule has 0 heterocycles. The van der Waals surface area contributed by atoms with E-state index < -0.39 is 0 Å². The van der Waals surface area contributed by atoms with Gasteiger partial charge in [-0.1, -0.05) is 18.2 Å². The Morgan fingerprint density at radius 1 is 1.21 bits per heavy atom. The number of hydrogen-bond donors (Lipinski definition) is 2. The molecule has 100 valence electrons. The first-order valence-electron chi connectivity index (χ1n) is 6.01. The van der Waals surface area contributed by atoms with Crippen molar-refractivity contribution in [3.63, 3.8) is 0 Å². The number of amides is 2. The first-order chi connectivity index (χ1) is 9.08. The van der Waals surface area contributed by atoms with Crippen LogP contribution in [-0.2, 0) is 4.79 Å². The van der Waals surface area contributed by atoms with Gasteiger partial charge in [-0.05, 0) is 37.6 Å². The topological polar surface area (TPSA) is 58.2 Å². The Hall–Kier alpha value is -2.36. The van der Waals surface area contributed by atoms with Gasteiger partial charge < -0.3 is 10.6 Å². The lowest BCUT2D eigenvalue weighted by Crippen LogP contribution is -2.18. The average Bonchev–Trinajstić information content (AvgIpc) is 2.40. The minimum Gasteiger partial charge on any atom is -0.355 e. The summed E-state index contributed by atoms with van der Waals surface area (Å²) in [5, 5.41) is 5.32. The van der Waals surface area contributed by atoms with Crippen LogP contribution in [-0.4, -0.2) is 18.9 Å². The molecule has 0 fully saturated rings. The first-order valence-corrected chi connectivity index (χ1v) is 6.01. The van der Waals surface area contributed by atoms with Crippen molar-refractivity contribution in [2.45, 2.75) is 13.8 Å². The van der Waals surface area contributed by atoms with Crippen LogP contribution in [0.5, 0.6) is 0 Å². The third-order valence-electron chi connectivity index (χ3n) is 2.52. The molecule has 0 atom stereocenters. The monoisotopic (exact) mass is 258 g/mol. The number of rotatable bonds is 4. The molecule has 0 aliphatic rings. The van der Waals surface area contributed by atoms with E-state index in [1.54, 1.807) is 37.4 Å². The molecule has 0 saturated carbocycles. The number of hydrogen-bond acceptors (Lipinski definition) is 2. The molecule has 0 aliphatic heterocycles. The van der Waals surface area contributed by atoms with Crippen LogP contribution in [0.3, 0.4) is 0 Å². The van der Waals surface area contributed by atoms with Crippen molar-refractivity contribution in [3.05, 3.63) is 53.6 Å². The van der Waals surface area contributed by atoms with Gasteiger partial charge >= 0.3 is 0 Å². The van der Waals surface area contributed by atoms with Gasteiger partial charge in [0.25, 0.3) is 5.91 Å². The van der Waals surface area contributed by atoms with Gasteiger partial charge in [-0.15, -0.1) is 0 Å². The van der Waals surface area contributed by atoms with E-state index in [0.717, 1.165) is 5.56 Å². The predicted molar refractivity (Wildman–Crippen MR) is 77.2 cm³/mol. The van der Waals surface area contributed by atoms with Gasteiger partial charge in [-0.2, -0.15) is 0 Å². The molecule has 0 aromatic heterocycles. The van der Waals surface area contributed by atoms with Gasteiger partial charge in [0.1, 0.15) is 0 Å². The summed E-state index contributed by atoms with van der Waals surface area (Å²) in [5.74, 6) is -0.345. The van der Waals surface area contributed by atoms with Crippen molar-refractivity contribution >= 4 is 17.5 Å². The van der Waals surface area contributed by atoms with E-state index in [2.05, 4.69) is 10.6 Å². The number of carbonyl (C=O) groups is 2. The minimum atomic E-state index is -0.200. The summed E-state index contributed by atoms with van der Waals surface area (Å²) < 4.78 is 0. The van der Waals surface area contributed by atoms with E-state index in [9.17, 15) is 9.59 Å². The Morgan fingerprint density at radius 2 is 1.95 bits per heavy atom. The van der Waals surface area contributed by atoms with Crippen molar-refractivity contribution in [1.29, 1.82) is 0 Å². The second kappa shape index (κ2) is 7.16. The maximum atomic E-state index is 11.6. The maximum Gasteiger partial charge on any atom is 0.251 e. The van der Waals surface area contributed by atoms with Crippen molar-refractivity contribution in [2.24, 2.45) is 0 Å². The molecule has 0 radical (unpaired) electrons. The van der Waals surface area contributed by atoms with Crippen LogP contribution in [0.2, 0.25) is 0 Å². The molecule has 4 heteroatoms. The van der Waals surface area contributed by atoms with Crippen molar-refractivity contribution in [1.82, 2.24) is 5.32 Å². The molecule has 2 amide bonds.